The minimum atomic E-state index is -4.31. The number of nitrogens with one attached hydrogen (secondary N) is 1. The smallest absolute Gasteiger partial charge is 0.316 e. The van der Waals surface area contributed by atoms with Crippen LogP contribution in [0.15, 0.2) is 24.3 Å². The van der Waals surface area contributed by atoms with Gasteiger partial charge in [-0.2, -0.15) is 13.2 Å². The molecule has 1 nitrogen and oxygen atoms in total. The number of rotatable bonds is 2. The maximum absolute atomic E-state index is 13.6. The Morgan fingerprint density at radius 2 is 1.83 bits per heavy atom. The van der Waals surface area contributed by atoms with Crippen molar-refractivity contribution in [3.8, 4) is 0 Å². The molecule has 0 spiro atoms. The summed E-state index contributed by atoms with van der Waals surface area (Å²) in [4.78, 5) is 0. The Kier molecular flexibility index (Phi) is 3.90. The predicted octanol–water partition coefficient (Wildman–Crippen LogP) is 3.20. The molecule has 100 valence electrons. The van der Waals surface area contributed by atoms with Crippen molar-refractivity contribution in [1.29, 1.82) is 0 Å². The normalized spacial score (nSPS) is 25.1. The average Bonchev–Trinajstić information content (AvgIpc) is 2.32. The summed E-state index contributed by atoms with van der Waals surface area (Å²) in [6.07, 6.45) is -4.22. The number of benzene rings is 1. The summed E-state index contributed by atoms with van der Waals surface area (Å²) in [7, 11) is 0. The van der Waals surface area contributed by atoms with Gasteiger partial charge in [0.15, 0.2) is 0 Å². The molecule has 0 amide bonds. The summed E-state index contributed by atoms with van der Waals surface area (Å²) < 4.78 is 50.7. The molecular weight excluding hydrogens is 246 g/mol. The van der Waals surface area contributed by atoms with Crippen molar-refractivity contribution in [2.45, 2.75) is 25.2 Å². The Hall–Kier alpha value is -1.10. The van der Waals surface area contributed by atoms with E-state index in [2.05, 4.69) is 5.32 Å². The van der Waals surface area contributed by atoms with E-state index >= 15 is 0 Å². The number of piperidine rings is 1. The molecule has 1 aromatic rings. The van der Waals surface area contributed by atoms with Gasteiger partial charge in [-0.3, -0.25) is 0 Å². The van der Waals surface area contributed by atoms with E-state index < -0.39 is 17.9 Å². The Balaban J connectivity index is 2.02. The van der Waals surface area contributed by atoms with Gasteiger partial charge in [-0.1, -0.05) is 12.1 Å². The highest BCUT2D eigenvalue weighted by Crippen LogP contribution is 2.29. The Morgan fingerprint density at radius 3 is 2.39 bits per heavy atom. The first kappa shape index (κ1) is 13.3. The van der Waals surface area contributed by atoms with Gasteiger partial charge < -0.3 is 5.32 Å². The fourth-order valence-corrected chi connectivity index (χ4v) is 2.22. The molecule has 2 rings (SSSR count). The molecule has 18 heavy (non-hydrogen) atoms. The molecular formula is C13H15F4N. The monoisotopic (exact) mass is 261 g/mol. The van der Waals surface area contributed by atoms with Crippen molar-refractivity contribution >= 4 is 0 Å². The summed E-state index contributed by atoms with van der Waals surface area (Å²) in [5, 5.41) is 3.10. The van der Waals surface area contributed by atoms with E-state index in [1.54, 1.807) is 0 Å². The minimum Gasteiger partial charge on any atom is -0.316 e. The lowest BCUT2D eigenvalue weighted by molar-refractivity contribution is -0.137. The maximum Gasteiger partial charge on any atom is 0.416 e. The lowest BCUT2D eigenvalue weighted by Gasteiger charge is -2.26. The molecule has 0 aromatic heterocycles. The molecule has 1 aliphatic heterocycles. The molecule has 0 saturated carbocycles. The van der Waals surface area contributed by atoms with Crippen LogP contribution in [0.25, 0.3) is 0 Å². The fourth-order valence-electron chi connectivity index (χ4n) is 2.22. The maximum atomic E-state index is 13.6. The molecule has 2 unspecified atom stereocenters. The van der Waals surface area contributed by atoms with E-state index in [1.165, 1.54) is 12.1 Å². The van der Waals surface area contributed by atoms with E-state index in [-0.39, 0.29) is 5.92 Å². The van der Waals surface area contributed by atoms with Crippen LogP contribution in [0, 0.1) is 5.92 Å². The van der Waals surface area contributed by atoms with Gasteiger partial charge in [0.05, 0.1) is 5.56 Å². The van der Waals surface area contributed by atoms with Crippen LogP contribution < -0.4 is 5.32 Å². The third-order valence-corrected chi connectivity index (χ3v) is 3.29. The van der Waals surface area contributed by atoms with Crippen LogP contribution in [0.3, 0.4) is 0 Å². The first-order valence-corrected chi connectivity index (χ1v) is 5.98. The molecule has 1 N–H and O–H groups in total. The van der Waals surface area contributed by atoms with Crippen LogP contribution >= 0.6 is 0 Å². The predicted molar refractivity (Wildman–Crippen MR) is 61.0 cm³/mol. The average molecular weight is 261 g/mol. The van der Waals surface area contributed by atoms with E-state index in [4.69, 9.17) is 0 Å². The topological polar surface area (TPSA) is 12.0 Å². The summed E-state index contributed by atoms with van der Waals surface area (Å²) in [5.41, 5.74) is 0.0872. The first-order chi connectivity index (χ1) is 8.47. The van der Waals surface area contributed by atoms with E-state index in [0.717, 1.165) is 17.7 Å². The molecule has 1 aliphatic rings. The van der Waals surface area contributed by atoms with Gasteiger partial charge in [0.1, 0.15) is 6.17 Å². The van der Waals surface area contributed by atoms with Crippen LogP contribution in [-0.4, -0.2) is 19.3 Å². The van der Waals surface area contributed by atoms with Crippen molar-refractivity contribution in [1.82, 2.24) is 5.32 Å². The lowest BCUT2D eigenvalue weighted by atomic mass is 9.90. The van der Waals surface area contributed by atoms with Gasteiger partial charge in [0, 0.05) is 12.5 Å². The molecule has 1 saturated heterocycles. The van der Waals surface area contributed by atoms with E-state index in [0.29, 0.717) is 25.9 Å². The molecule has 1 aromatic carbocycles. The van der Waals surface area contributed by atoms with Gasteiger partial charge in [-0.25, -0.2) is 4.39 Å². The van der Waals surface area contributed by atoms with Gasteiger partial charge >= 0.3 is 6.18 Å². The van der Waals surface area contributed by atoms with Crippen LogP contribution in [0.4, 0.5) is 17.6 Å². The zero-order valence-electron chi connectivity index (χ0n) is 9.80. The van der Waals surface area contributed by atoms with Crippen molar-refractivity contribution in [3.63, 3.8) is 0 Å². The third-order valence-electron chi connectivity index (χ3n) is 3.29. The quantitative estimate of drug-likeness (QED) is 0.806. The highest BCUT2D eigenvalue weighted by molar-refractivity contribution is 5.25. The molecule has 0 aliphatic carbocycles. The minimum absolute atomic E-state index is 0.143. The van der Waals surface area contributed by atoms with Crippen molar-refractivity contribution < 1.29 is 17.6 Å². The highest BCUT2D eigenvalue weighted by atomic mass is 19.4. The Morgan fingerprint density at radius 1 is 1.17 bits per heavy atom. The summed E-state index contributed by atoms with van der Waals surface area (Å²) in [6, 6.07) is 4.98. The molecule has 2 atom stereocenters. The zero-order chi connectivity index (χ0) is 13.2. The van der Waals surface area contributed by atoms with Crippen LogP contribution in [0.2, 0.25) is 0 Å². The Labute approximate surface area is 103 Å². The van der Waals surface area contributed by atoms with Crippen LogP contribution in [-0.2, 0) is 12.6 Å². The SMILES string of the molecule is FC1CCNCC1Cc1ccc(C(F)(F)F)cc1. The number of halogens is 4. The molecule has 0 bridgehead atoms. The molecule has 1 fully saturated rings. The van der Waals surface area contributed by atoms with Gasteiger partial charge in [-0.15, -0.1) is 0 Å². The highest BCUT2D eigenvalue weighted by Gasteiger charge is 2.30. The third kappa shape index (κ3) is 3.22. The molecule has 0 radical (unpaired) electrons. The van der Waals surface area contributed by atoms with Crippen molar-refractivity contribution in [2.24, 2.45) is 5.92 Å². The van der Waals surface area contributed by atoms with E-state index in [1.807, 2.05) is 0 Å². The fraction of sp³-hybridized carbons (Fsp3) is 0.538. The van der Waals surface area contributed by atoms with Gasteiger partial charge in [0.2, 0.25) is 0 Å². The van der Waals surface area contributed by atoms with E-state index in [9.17, 15) is 17.6 Å². The largest absolute Gasteiger partial charge is 0.416 e. The number of hydrogen-bond donors (Lipinski definition) is 1. The standard InChI is InChI=1S/C13H15F4N/c14-12-5-6-18-8-10(12)7-9-1-3-11(4-2-9)13(15,16)17/h1-4,10,12,18H,5-8H2. The van der Waals surface area contributed by atoms with Crippen molar-refractivity contribution in [3.05, 3.63) is 35.4 Å². The van der Waals surface area contributed by atoms with Crippen LogP contribution in [0.1, 0.15) is 17.5 Å². The Bertz CT molecular complexity index is 385. The van der Waals surface area contributed by atoms with Gasteiger partial charge in [-0.05, 0) is 37.1 Å². The molecule has 1 heterocycles. The summed E-state index contributed by atoms with van der Waals surface area (Å²) in [6.45, 7) is 1.26. The second-order valence-electron chi connectivity index (χ2n) is 4.67. The lowest BCUT2D eigenvalue weighted by Crippen LogP contribution is -2.38. The number of hydrogen-bond acceptors (Lipinski definition) is 1. The second-order valence-corrected chi connectivity index (χ2v) is 4.67. The second kappa shape index (κ2) is 5.26. The van der Waals surface area contributed by atoms with Crippen molar-refractivity contribution in [2.75, 3.05) is 13.1 Å². The number of alkyl halides is 4. The first-order valence-electron chi connectivity index (χ1n) is 5.98. The van der Waals surface area contributed by atoms with Gasteiger partial charge in [0.25, 0.3) is 0 Å². The summed E-state index contributed by atoms with van der Waals surface area (Å²) in [5.74, 6) is -0.143. The summed E-state index contributed by atoms with van der Waals surface area (Å²) >= 11 is 0. The molecule has 5 heteroatoms. The van der Waals surface area contributed by atoms with Crippen LogP contribution in [0.5, 0.6) is 0 Å². The zero-order valence-corrected chi connectivity index (χ0v) is 9.80.